The molecule has 0 unspecified atom stereocenters. The molecule has 34 valence electrons. The number of hydrogen-bond acceptors (Lipinski definition) is 2. The summed E-state index contributed by atoms with van der Waals surface area (Å²) in [5.74, 6) is -1.11. The van der Waals surface area contributed by atoms with Gasteiger partial charge in [-0.15, -0.1) is 0 Å². The van der Waals surface area contributed by atoms with E-state index in [0.29, 0.717) is 0 Å². The summed E-state index contributed by atoms with van der Waals surface area (Å²) >= 11 is 0. The molecule has 0 amide bonds. The van der Waals surface area contributed by atoms with Crippen molar-refractivity contribution in [3.8, 4) is 0 Å². The number of carbonyl (C=O) groups is 1. The third kappa shape index (κ3) is 0.506. The number of ether oxygens (including phenoxy) is 1. The van der Waals surface area contributed by atoms with Crippen LogP contribution in [-0.2, 0) is 9.53 Å². The minimum absolute atomic E-state index is 0.515. The Morgan fingerprint density at radius 2 is 2.83 bits per heavy atom. The normalized spacial score (nSPS) is 47.7. The van der Waals surface area contributed by atoms with Crippen molar-refractivity contribution >= 4 is 5.97 Å². The summed E-state index contributed by atoms with van der Waals surface area (Å²) in [4.78, 5) is 10.5. The molecule has 0 aromatic heterocycles. The molecule has 0 bridgehead atoms. The van der Waals surface area contributed by atoms with Crippen LogP contribution in [0.15, 0.2) is 0 Å². The van der Waals surface area contributed by atoms with E-state index in [1.165, 1.54) is 0 Å². The molecule has 1 rings (SSSR count). The summed E-state index contributed by atoms with van der Waals surface area (Å²) in [6.45, 7) is -2.12. The van der Waals surface area contributed by atoms with Gasteiger partial charge in [0.1, 0.15) is 0 Å². The maximum atomic E-state index is 10.5. The summed E-state index contributed by atoms with van der Waals surface area (Å²) in [6.07, 6.45) is -2.66. The molecule has 0 spiro atoms. The predicted octanol–water partition coefficient (Wildman–Crippen LogP) is 0.323. The zero-order valence-electron chi connectivity index (χ0n) is 7.02. The summed E-state index contributed by atoms with van der Waals surface area (Å²) in [5.41, 5.74) is 0. The van der Waals surface area contributed by atoms with Gasteiger partial charge in [-0.2, -0.15) is 0 Å². The topological polar surface area (TPSA) is 26.3 Å². The van der Waals surface area contributed by atoms with Crippen LogP contribution in [0.3, 0.4) is 0 Å². The highest BCUT2D eigenvalue weighted by molar-refractivity contribution is 5.70. The van der Waals surface area contributed by atoms with Crippen molar-refractivity contribution in [2.45, 2.75) is 12.8 Å². The van der Waals surface area contributed by atoms with E-state index < -0.39 is 25.3 Å². The lowest BCUT2D eigenvalue weighted by molar-refractivity contribution is -0.137. The van der Waals surface area contributed by atoms with Crippen LogP contribution in [0.25, 0.3) is 0 Å². The number of hydrogen-bond donors (Lipinski definition) is 0. The molecule has 1 saturated heterocycles. The van der Waals surface area contributed by atoms with Crippen molar-refractivity contribution in [3.63, 3.8) is 0 Å². The molecule has 0 aromatic carbocycles. The first-order valence-electron chi connectivity index (χ1n) is 3.57. The Labute approximate surface area is 41.7 Å². The van der Waals surface area contributed by atoms with Crippen LogP contribution >= 0.6 is 0 Å². The average Bonchev–Trinajstić information content (AvgIpc) is 1.73. The predicted molar refractivity (Wildman–Crippen MR) is 20.2 cm³/mol. The second kappa shape index (κ2) is 1.29. The van der Waals surface area contributed by atoms with Crippen LogP contribution in [0, 0.1) is 0 Å². The van der Waals surface area contributed by atoms with Gasteiger partial charge in [0.2, 0.25) is 0 Å². The third-order valence-electron chi connectivity index (χ3n) is 0.470. The number of rotatable bonds is 0. The van der Waals surface area contributed by atoms with Crippen LogP contribution in [0.4, 0.5) is 0 Å². The van der Waals surface area contributed by atoms with Gasteiger partial charge >= 0.3 is 5.97 Å². The minimum atomic E-state index is -2.15. The van der Waals surface area contributed by atoms with E-state index in [1.54, 1.807) is 0 Å². The highest BCUT2D eigenvalue weighted by atomic mass is 16.5. The molecular formula is C4H6O2. The Kier molecular flexibility index (Phi) is 0.261. The van der Waals surface area contributed by atoms with Crippen molar-refractivity contribution in [1.29, 1.82) is 0 Å². The fourth-order valence-corrected chi connectivity index (χ4v) is 0.246. The van der Waals surface area contributed by atoms with E-state index in [0.717, 1.165) is 0 Å². The van der Waals surface area contributed by atoms with Gasteiger partial charge in [-0.1, -0.05) is 0 Å². The maximum Gasteiger partial charge on any atom is 0.305 e. The molecule has 1 aliphatic heterocycles. The van der Waals surface area contributed by atoms with E-state index in [1.807, 2.05) is 0 Å². The Bertz CT molecular complexity index is 176. The summed E-state index contributed by atoms with van der Waals surface area (Å²) in [6, 6.07) is 0. The molecule has 0 aliphatic carbocycles. The monoisotopic (exact) mass is 90.1 g/mol. The molecule has 2 heteroatoms. The molecule has 1 aliphatic rings. The minimum Gasteiger partial charge on any atom is -0.466 e. The van der Waals surface area contributed by atoms with Gasteiger partial charge in [0.05, 0.1) is 9.30 Å². The molecule has 6 heavy (non-hydrogen) atoms. The van der Waals surface area contributed by atoms with Gasteiger partial charge in [0.25, 0.3) is 0 Å². The zero-order valence-corrected chi connectivity index (χ0v) is 3.02. The lowest BCUT2D eigenvalue weighted by Crippen LogP contribution is -1.88. The van der Waals surface area contributed by atoms with Crippen LogP contribution < -0.4 is 0 Å². The van der Waals surface area contributed by atoms with E-state index in [-0.39, 0.29) is 0 Å². The van der Waals surface area contributed by atoms with Crippen molar-refractivity contribution in [2.24, 2.45) is 0 Å². The van der Waals surface area contributed by atoms with Crippen molar-refractivity contribution in [2.75, 3.05) is 6.56 Å². The number of esters is 1. The smallest absolute Gasteiger partial charge is 0.305 e. The van der Waals surface area contributed by atoms with Crippen LogP contribution in [-0.4, -0.2) is 12.5 Å². The molecule has 0 atom stereocenters. The molecule has 0 radical (unpaired) electrons. The van der Waals surface area contributed by atoms with Gasteiger partial charge < -0.3 is 4.74 Å². The third-order valence-corrected chi connectivity index (χ3v) is 0.470. The van der Waals surface area contributed by atoms with Gasteiger partial charge in [-0.05, 0) is 6.42 Å². The Morgan fingerprint density at radius 3 is 3.00 bits per heavy atom. The lowest BCUT2D eigenvalue weighted by atomic mass is 10.4. The summed E-state index contributed by atoms with van der Waals surface area (Å²) in [7, 11) is 0. The number of cyclic esters (lactones) is 1. The van der Waals surface area contributed by atoms with Crippen LogP contribution in [0.1, 0.15) is 18.3 Å². The Morgan fingerprint density at radius 1 is 2.00 bits per heavy atom. The quantitative estimate of drug-likeness (QED) is 0.400. The van der Waals surface area contributed by atoms with Crippen LogP contribution in [0.5, 0.6) is 0 Å². The fourth-order valence-electron chi connectivity index (χ4n) is 0.246. The molecule has 2 nitrogen and oxygen atoms in total. The molecule has 0 aromatic rings. The first kappa shape index (κ1) is 1.22. The molecule has 1 fully saturated rings. The van der Waals surface area contributed by atoms with E-state index in [2.05, 4.69) is 4.74 Å². The van der Waals surface area contributed by atoms with Gasteiger partial charge in [0.15, 0.2) is 0 Å². The standard InChI is InChI=1S/C4H6O2/c5-4-2-1-3-6-4/h1-3H2/i2D2,3D2. The van der Waals surface area contributed by atoms with Gasteiger partial charge in [-0.25, -0.2) is 0 Å². The van der Waals surface area contributed by atoms with Gasteiger partial charge in [-0.3, -0.25) is 4.79 Å². The molecule has 0 saturated carbocycles. The van der Waals surface area contributed by atoms with E-state index in [9.17, 15) is 4.79 Å². The Balaban J connectivity index is 2.81. The zero-order chi connectivity index (χ0) is 7.99. The number of carbonyl (C=O) groups excluding carboxylic acids is 1. The summed E-state index contributed by atoms with van der Waals surface area (Å²) < 4.78 is 31.6. The van der Waals surface area contributed by atoms with Crippen LogP contribution in [0.2, 0.25) is 0 Å². The lowest BCUT2D eigenvalue weighted by Gasteiger charge is -1.81. The highest BCUT2D eigenvalue weighted by Crippen LogP contribution is 2.01. The average molecular weight is 90.1 g/mol. The van der Waals surface area contributed by atoms with Crippen molar-refractivity contribution in [3.05, 3.63) is 0 Å². The molecular weight excluding hydrogens is 80.0 g/mol. The second-order valence-corrected chi connectivity index (χ2v) is 0.887. The first-order valence-corrected chi connectivity index (χ1v) is 1.57. The van der Waals surface area contributed by atoms with Crippen molar-refractivity contribution < 1.29 is 15.0 Å². The Hall–Kier alpha value is -0.530. The second-order valence-electron chi connectivity index (χ2n) is 0.887. The maximum absolute atomic E-state index is 10.5. The van der Waals surface area contributed by atoms with Gasteiger partial charge in [0, 0.05) is 9.11 Å². The van der Waals surface area contributed by atoms with E-state index >= 15 is 0 Å². The fraction of sp³-hybridized carbons (Fsp3) is 0.750. The largest absolute Gasteiger partial charge is 0.466 e. The van der Waals surface area contributed by atoms with E-state index in [4.69, 9.17) is 5.48 Å². The molecule has 1 heterocycles. The summed E-state index contributed by atoms with van der Waals surface area (Å²) in [5, 5.41) is 0. The SMILES string of the molecule is [2H]C1([2H])CC([2H])([2H])C(=O)O1. The first-order chi connectivity index (χ1) is 4.33. The molecule has 0 N–H and O–H groups in total. The highest BCUT2D eigenvalue weighted by Gasteiger charge is 2.08. The van der Waals surface area contributed by atoms with Crippen molar-refractivity contribution in [1.82, 2.24) is 0 Å².